The first-order valence-corrected chi connectivity index (χ1v) is 7.90. The third-order valence-electron chi connectivity index (χ3n) is 3.57. The van der Waals surface area contributed by atoms with E-state index in [-0.39, 0.29) is 5.91 Å². The van der Waals surface area contributed by atoms with Crippen LogP contribution < -0.4 is 16.6 Å². The fraction of sp³-hybridized carbons (Fsp3) is 0.588. The Bertz CT molecular complexity index is 444. The Morgan fingerprint density at radius 1 is 1.19 bits per heavy atom. The molecule has 0 aliphatic carbocycles. The quantitative estimate of drug-likeness (QED) is 0.370. The fourth-order valence-electron chi connectivity index (χ4n) is 2.30. The lowest BCUT2D eigenvalue weighted by atomic mass is 10.0. The summed E-state index contributed by atoms with van der Waals surface area (Å²) in [7, 11) is 0. The summed E-state index contributed by atoms with van der Waals surface area (Å²) in [6.07, 6.45) is 6.02. The van der Waals surface area contributed by atoms with E-state index in [1.54, 1.807) is 0 Å². The Balaban J connectivity index is 2.29. The first-order chi connectivity index (χ1) is 10.0. The van der Waals surface area contributed by atoms with E-state index in [4.69, 9.17) is 5.84 Å². The molecule has 0 heterocycles. The Labute approximate surface area is 128 Å². The van der Waals surface area contributed by atoms with Crippen molar-refractivity contribution in [3.63, 3.8) is 0 Å². The van der Waals surface area contributed by atoms with Crippen molar-refractivity contribution in [2.75, 3.05) is 12.0 Å². The predicted octanol–water partition coefficient (Wildman–Crippen LogP) is 3.62. The molecule has 0 saturated carbocycles. The number of anilines is 1. The number of hydrazine groups is 1. The molecule has 4 N–H and O–H groups in total. The summed E-state index contributed by atoms with van der Waals surface area (Å²) in [5.41, 5.74) is 4.89. The van der Waals surface area contributed by atoms with Gasteiger partial charge in [0, 0.05) is 6.54 Å². The lowest BCUT2D eigenvalue weighted by molar-refractivity contribution is 0.0953. The summed E-state index contributed by atoms with van der Waals surface area (Å²) < 4.78 is 0. The topological polar surface area (TPSA) is 67.1 Å². The number of hydrogen-bond acceptors (Lipinski definition) is 3. The molecule has 118 valence electrons. The van der Waals surface area contributed by atoms with Crippen molar-refractivity contribution >= 4 is 11.6 Å². The molecular weight excluding hydrogens is 262 g/mol. The second-order valence-corrected chi connectivity index (χ2v) is 6.05. The highest BCUT2D eigenvalue weighted by atomic mass is 16.1. The number of unbranched alkanes of at least 4 members (excludes halogenated alkanes) is 3. The Morgan fingerprint density at radius 3 is 2.57 bits per heavy atom. The van der Waals surface area contributed by atoms with Gasteiger partial charge in [0.2, 0.25) is 0 Å². The maximum absolute atomic E-state index is 12.1. The molecule has 0 saturated heterocycles. The number of benzene rings is 1. The summed E-state index contributed by atoms with van der Waals surface area (Å²) in [4.78, 5) is 12.1. The molecule has 1 rings (SSSR count). The number of amides is 1. The lowest BCUT2D eigenvalue weighted by Crippen LogP contribution is -2.26. The molecule has 1 aromatic carbocycles. The average molecular weight is 291 g/mol. The van der Waals surface area contributed by atoms with Crippen molar-refractivity contribution in [2.24, 2.45) is 11.8 Å². The van der Waals surface area contributed by atoms with Crippen LogP contribution in [-0.4, -0.2) is 12.5 Å². The van der Waals surface area contributed by atoms with Crippen LogP contribution in [0.15, 0.2) is 18.2 Å². The molecule has 0 unspecified atom stereocenters. The number of aryl methyl sites for hydroxylation is 1. The second-order valence-electron chi connectivity index (χ2n) is 6.05. The van der Waals surface area contributed by atoms with Gasteiger partial charge in [0.15, 0.2) is 0 Å². The largest absolute Gasteiger partial charge is 0.352 e. The first kappa shape index (κ1) is 17.5. The van der Waals surface area contributed by atoms with E-state index in [0.717, 1.165) is 24.4 Å². The van der Waals surface area contributed by atoms with Crippen LogP contribution in [0.25, 0.3) is 0 Å². The van der Waals surface area contributed by atoms with E-state index in [1.165, 1.54) is 25.7 Å². The van der Waals surface area contributed by atoms with Crippen molar-refractivity contribution in [1.82, 2.24) is 5.32 Å². The summed E-state index contributed by atoms with van der Waals surface area (Å²) in [6.45, 7) is 7.19. The maximum atomic E-state index is 12.1. The molecule has 0 fully saturated rings. The molecule has 0 radical (unpaired) electrons. The molecule has 0 aromatic heterocycles. The molecule has 1 aromatic rings. The third-order valence-corrected chi connectivity index (χ3v) is 3.57. The van der Waals surface area contributed by atoms with E-state index in [0.29, 0.717) is 11.3 Å². The van der Waals surface area contributed by atoms with E-state index in [1.807, 2.05) is 25.1 Å². The number of nitrogen functional groups attached to an aromatic ring is 1. The van der Waals surface area contributed by atoms with Crippen LogP contribution in [0.2, 0.25) is 0 Å². The SMILES string of the molecule is Cc1ccc(NN)c(C(=O)NCCCCCCC(C)C)c1. The molecular formula is C17H29N3O. The normalized spacial score (nSPS) is 10.7. The molecule has 0 bridgehead atoms. The van der Waals surface area contributed by atoms with Crippen LogP contribution >= 0.6 is 0 Å². The van der Waals surface area contributed by atoms with Crippen molar-refractivity contribution in [1.29, 1.82) is 0 Å². The standard InChI is InChI=1S/C17H29N3O/c1-13(2)8-6-4-5-7-11-19-17(21)15-12-14(3)9-10-16(15)20-18/h9-10,12-13,20H,4-8,11,18H2,1-3H3,(H,19,21). The number of carbonyl (C=O) groups excluding carboxylic acids is 1. The van der Waals surface area contributed by atoms with Gasteiger partial charge in [0.05, 0.1) is 11.3 Å². The van der Waals surface area contributed by atoms with Crippen molar-refractivity contribution in [3.8, 4) is 0 Å². The van der Waals surface area contributed by atoms with E-state index in [9.17, 15) is 4.79 Å². The van der Waals surface area contributed by atoms with Gasteiger partial charge >= 0.3 is 0 Å². The highest BCUT2D eigenvalue weighted by Crippen LogP contribution is 2.16. The van der Waals surface area contributed by atoms with E-state index >= 15 is 0 Å². The maximum Gasteiger partial charge on any atom is 0.253 e. The van der Waals surface area contributed by atoms with Crippen LogP contribution in [0.1, 0.15) is 61.9 Å². The van der Waals surface area contributed by atoms with Gasteiger partial charge in [-0.15, -0.1) is 0 Å². The molecule has 0 aliphatic heterocycles. The molecule has 0 spiro atoms. The first-order valence-electron chi connectivity index (χ1n) is 7.90. The Hall–Kier alpha value is -1.55. The molecule has 4 heteroatoms. The molecule has 4 nitrogen and oxygen atoms in total. The summed E-state index contributed by atoms with van der Waals surface area (Å²) in [5, 5.41) is 2.97. The minimum absolute atomic E-state index is 0.0613. The van der Waals surface area contributed by atoms with Gasteiger partial charge in [-0.05, 0) is 31.4 Å². The van der Waals surface area contributed by atoms with Crippen LogP contribution in [0.5, 0.6) is 0 Å². The van der Waals surface area contributed by atoms with Crippen molar-refractivity contribution in [3.05, 3.63) is 29.3 Å². The van der Waals surface area contributed by atoms with Gasteiger partial charge < -0.3 is 10.7 Å². The molecule has 1 amide bonds. The van der Waals surface area contributed by atoms with Gasteiger partial charge in [-0.2, -0.15) is 0 Å². The number of hydrogen-bond donors (Lipinski definition) is 3. The van der Waals surface area contributed by atoms with Crippen LogP contribution in [0.4, 0.5) is 5.69 Å². The Kier molecular flexibility index (Phi) is 7.83. The fourth-order valence-corrected chi connectivity index (χ4v) is 2.30. The van der Waals surface area contributed by atoms with Gasteiger partial charge in [0.1, 0.15) is 0 Å². The third kappa shape index (κ3) is 6.63. The zero-order valence-electron chi connectivity index (χ0n) is 13.5. The number of carbonyl (C=O) groups is 1. The zero-order valence-corrected chi connectivity index (χ0v) is 13.5. The van der Waals surface area contributed by atoms with Crippen LogP contribution in [-0.2, 0) is 0 Å². The smallest absolute Gasteiger partial charge is 0.253 e. The van der Waals surface area contributed by atoms with Crippen molar-refractivity contribution < 1.29 is 4.79 Å². The van der Waals surface area contributed by atoms with Crippen LogP contribution in [0.3, 0.4) is 0 Å². The zero-order chi connectivity index (χ0) is 15.7. The lowest BCUT2D eigenvalue weighted by Gasteiger charge is -2.10. The summed E-state index contributed by atoms with van der Waals surface area (Å²) in [5.74, 6) is 6.17. The van der Waals surface area contributed by atoms with Gasteiger partial charge in [-0.1, -0.05) is 51.2 Å². The molecule has 0 aliphatic rings. The average Bonchev–Trinajstić information content (AvgIpc) is 2.45. The minimum Gasteiger partial charge on any atom is -0.352 e. The summed E-state index contributed by atoms with van der Waals surface area (Å²) >= 11 is 0. The Morgan fingerprint density at radius 2 is 1.90 bits per heavy atom. The number of rotatable bonds is 9. The van der Waals surface area contributed by atoms with Gasteiger partial charge in [0.25, 0.3) is 5.91 Å². The molecule has 0 atom stereocenters. The van der Waals surface area contributed by atoms with Gasteiger partial charge in [-0.3, -0.25) is 10.6 Å². The summed E-state index contributed by atoms with van der Waals surface area (Å²) in [6, 6.07) is 5.62. The number of nitrogens with two attached hydrogens (primary N) is 1. The highest BCUT2D eigenvalue weighted by Gasteiger charge is 2.10. The second kappa shape index (κ2) is 9.40. The minimum atomic E-state index is -0.0613. The molecule has 21 heavy (non-hydrogen) atoms. The highest BCUT2D eigenvalue weighted by molar-refractivity contribution is 5.99. The van der Waals surface area contributed by atoms with Gasteiger partial charge in [-0.25, -0.2) is 0 Å². The van der Waals surface area contributed by atoms with E-state index < -0.39 is 0 Å². The number of nitrogens with one attached hydrogen (secondary N) is 2. The predicted molar refractivity (Wildman–Crippen MR) is 89.2 cm³/mol. The van der Waals surface area contributed by atoms with E-state index in [2.05, 4.69) is 24.6 Å². The monoisotopic (exact) mass is 291 g/mol. The van der Waals surface area contributed by atoms with Crippen LogP contribution in [0, 0.1) is 12.8 Å². The van der Waals surface area contributed by atoms with Crippen molar-refractivity contribution in [2.45, 2.75) is 52.9 Å².